The van der Waals surface area contributed by atoms with Gasteiger partial charge in [0.05, 0.1) is 6.54 Å². The summed E-state index contributed by atoms with van der Waals surface area (Å²) in [4.78, 5) is 26.1. The number of carbonyl (C=O) groups excluding carboxylic acids is 2. The minimum Gasteiger partial charge on any atom is -0.336 e. The van der Waals surface area contributed by atoms with E-state index in [0.29, 0.717) is 12.8 Å². The van der Waals surface area contributed by atoms with Gasteiger partial charge in [0.15, 0.2) is 0 Å². The average molecular weight is 352 g/mol. The van der Waals surface area contributed by atoms with Crippen LogP contribution in [-0.4, -0.2) is 30.3 Å². The highest BCUT2D eigenvalue weighted by Crippen LogP contribution is 2.16. The number of hydrogen-bond donors (Lipinski definition) is 1. The predicted octanol–water partition coefficient (Wildman–Crippen LogP) is 3.90. The zero-order valence-electron chi connectivity index (χ0n) is 16.1. The summed E-state index contributed by atoms with van der Waals surface area (Å²) in [5.41, 5.74) is 5.51. The minimum atomic E-state index is -0.173. The first-order valence-electron chi connectivity index (χ1n) is 9.08. The Balaban J connectivity index is 1.87. The maximum absolute atomic E-state index is 12.4. The number of nitrogens with one attached hydrogen (secondary N) is 1. The third kappa shape index (κ3) is 5.45. The highest BCUT2D eigenvalue weighted by atomic mass is 16.2. The molecule has 2 rings (SSSR count). The lowest BCUT2D eigenvalue weighted by atomic mass is 10.0. The van der Waals surface area contributed by atoms with E-state index in [2.05, 4.69) is 37.4 Å². The van der Waals surface area contributed by atoms with Crippen LogP contribution in [0.5, 0.6) is 0 Å². The molecule has 0 aromatic heterocycles. The van der Waals surface area contributed by atoms with Crippen LogP contribution in [0.4, 0.5) is 5.69 Å². The Morgan fingerprint density at radius 3 is 2.46 bits per heavy atom. The minimum absolute atomic E-state index is 0.0242. The molecule has 0 spiro atoms. The van der Waals surface area contributed by atoms with Gasteiger partial charge in [-0.05, 0) is 49.4 Å². The van der Waals surface area contributed by atoms with Gasteiger partial charge in [-0.15, -0.1) is 0 Å². The average Bonchev–Trinajstić information content (AvgIpc) is 2.61. The van der Waals surface area contributed by atoms with E-state index in [9.17, 15) is 9.59 Å². The summed E-state index contributed by atoms with van der Waals surface area (Å²) in [5, 5.41) is 2.90. The second-order valence-corrected chi connectivity index (χ2v) is 6.74. The van der Waals surface area contributed by atoms with Gasteiger partial charge in [-0.2, -0.15) is 0 Å². The Morgan fingerprint density at radius 2 is 1.77 bits per heavy atom. The Kier molecular flexibility index (Phi) is 6.96. The number of benzene rings is 2. The van der Waals surface area contributed by atoms with E-state index in [1.165, 1.54) is 21.6 Å². The summed E-state index contributed by atoms with van der Waals surface area (Å²) >= 11 is 0. The maximum atomic E-state index is 12.4. The molecule has 0 saturated carbocycles. The summed E-state index contributed by atoms with van der Waals surface area (Å²) in [6, 6.07) is 14.0. The largest absolute Gasteiger partial charge is 0.336 e. The standard InChI is InChI=1S/C22H28N2O2/c1-5-18-8-6-7-9-20(18)23-21(25)15-24(4)22(26)13-12-19-11-10-16(2)14-17(19)3/h6-11,14H,5,12-13,15H2,1-4H3,(H,23,25). The molecule has 0 atom stereocenters. The van der Waals surface area contributed by atoms with Gasteiger partial charge in [-0.3, -0.25) is 9.59 Å². The second-order valence-electron chi connectivity index (χ2n) is 6.74. The number of aryl methyl sites for hydroxylation is 4. The first-order chi connectivity index (χ1) is 12.4. The highest BCUT2D eigenvalue weighted by molar-refractivity contribution is 5.95. The predicted molar refractivity (Wildman–Crippen MR) is 106 cm³/mol. The summed E-state index contributed by atoms with van der Waals surface area (Å²) in [7, 11) is 1.68. The van der Waals surface area contributed by atoms with Crippen LogP contribution in [0.1, 0.15) is 35.6 Å². The van der Waals surface area contributed by atoms with Gasteiger partial charge >= 0.3 is 0 Å². The molecule has 2 aromatic carbocycles. The van der Waals surface area contributed by atoms with Crippen LogP contribution in [0, 0.1) is 13.8 Å². The van der Waals surface area contributed by atoms with Crippen LogP contribution in [0.3, 0.4) is 0 Å². The zero-order chi connectivity index (χ0) is 19.1. The summed E-state index contributed by atoms with van der Waals surface area (Å²) in [6.07, 6.45) is 1.94. The molecule has 1 N–H and O–H groups in total. The molecular formula is C22H28N2O2. The molecule has 0 aliphatic carbocycles. The molecule has 0 saturated heterocycles. The molecule has 0 aliphatic heterocycles. The molecule has 0 aliphatic rings. The summed E-state index contributed by atoms with van der Waals surface area (Å²) in [5.74, 6) is -0.197. The van der Waals surface area contributed by atoms with Crippen molar-refractivity contribution in [2.24, 2.45) is 0 Å². The van der Waals surface area contributed by atoms with Crippen molar-refractivity contribution in [3.8, 4) is 0 Å². The summed E-state index contributed by atoms with van der Waals surface area (Å²) in [6.45, 7) is 6.23. The molecule has 0 bridgehead atoms. The first-order valence-corrected chi connectivity index (χ1v) is 9.08. The molecular weight excluding hydrogens is 324 g/mol. The van der Waals surface area contributed by atoms with Crippen LogP contribution in [-0.2, 0) is 22.4 Å². The number of carbonyl (C=O) groups is 2. The van der Waals surface area contributed by atoms with E-state index < -0.39 is 0 Å². The molecule has 26 heavy (non-hydrogen) atoms. The van der Waals surface area contributed by atoms with Crippen molar-refractivity contribution in [1.29, 1.82) is 0 Å². The molecule has 0 radical (unpaired) electrons. The molecule has 138 valence electrons. The lowest BCUT2D eigenvalue weighted by Gasteiger charge is -2.18. The van der Waals surface area contributed by atoms with Gasteiger partial charge in [0.25, 0.3) is 0 Å². The lowest BCUT2D eigenvalue weighted by molar-refractivity contribution is -0.133. The number of hydrogen-bond acceptors (Lipinski definition) is 2. The molecule has 0 fully saturated rings. The van der Waals surface area contributed by atoms with Gasteiger partial charge < -0.3 is 10.2 Å². The van der Waals surface area contributed by atoms with Crippen LogP contribution in [0.15, 0.2) is 42.5 Å². The maximum Gasteiger partial charge on any atom is 0.243 e. The Bertz CT molecular complexity index is 783. The van der Waals surface area contributed by atoms with E-state index in [1.54, 1.807) is 7.05 Å². The number of anilines is 1. The van der Waals surface area contributed by atoms with Crippen molar-refractivity contribution in [3.05, 3.63) is 64.7 Å². The van der Waals surface area contributed by atoms with Crippen molar-refractivity contribution >= 4 is 17.5 Å². The van der Waals surface area contributed by atoms with Crippen LogP contribution in [0.25, 0.3) is 0 Å². The van der Waals surface area contributed by atoms with E-state index >= 15 is 0 Å². The number of nitrogens with zero attached hydrogens (tertiary/aromatic N) is 1. The van der Waals surface area contributed by atoms with Gasteiger partial charge in [-0.1, -0.05) is 48.9 Å². The monoisotopic (exact) mass is 352 g/mol. The fraction of sp³-hybridized carbons (Fsp3) is 0.364. The van der Waals surface area contributed by atoms with Crippen molar-refractivity contribution in [1.82, 2.24) is 4.90 Å². The fourth-order valence-electron chi connectivity index (χ4n) is 3.00. The van der Waals surface area contributed by atoms with E-state index in [1.807, 2.05) is 31.2 Å². The third-order valence-electron chi connectivity index (χ3n) is 4.59. The van der Waals surface area contributed by atoms with Gasteiger partial charge in [0.1, 0.15) is 0 Å². The molecule has 0 heterocycles. The second kappa shape index (κ2) is 9.18. The summed E-state index contributed by atoms with van der Waals surface area (Å²) < 4.78 is 0. The fourth-order valence-corrected chi connectivity index (χ4v) is 3.00. The van der Waals surface area contributed by atoms with Crippen LogP contribution in [0.2, 0.25) is 0 Å². The van der Waals surface area contributed by atoms with Crippen molar-refractivity contribution in [3.63, 3.8) is 0 Å². The van der Waals surface area contributed by atoms with Gasteiger partial charge in [0.2, 0.25) is 11.8 Å². The van der Waals surface area contributed by atoms with Crippen molar-refractivity contribution in [2.75, 3.05) is 18.9 Å². The van der Waals surface area contributed by atoms with Gasteiger partial charge in [0, 0.05) is 19.2 Å². The quantitative estimate of drug-likeness (QED) is 0.822. The van der Waals surface area contributed by atoms with E-state index in [4.69, 9.17) is 0 Å². The van der Waals surface area contributed by atoms with Crippen LogP contribution < -0.4 is 5.32 Å². The number of rotatable bonds is 7. The molecule has 2 aromatic rings. The Hall–Kier alpha value is -2.62. The topological polar surface area (TPSA) is 49.4 Å². The highest BCUT2D eigenvalue weighted by Gasteiger charge is 2.14. The normalized spacial score (nSPS) is 10.5. The third-order valence-corrected chi connectivity index (χ3v) is 4.59. The molecule has 0 unspecified atom stereocenters. The Labute approximate surface area is 156 Å². The van der Waals surface area contributed by atoms with Crippen molar-refractivity contribution in [2.45, 2.75) is 40.0 Å². The Morgan fingerprint density at radius 1 is 1.04 bits per heavy atom. The number of amides is 2. The molecule has 2 amide bonds. The smallest absolute Gasteiger partial charge is 0.243 e. The SMILES string of the molecule is CCc1ccccc1NC(=O)CN(C)C(=O)CCc1ccc(C)cc1C. The molecule has 4 nitrogen and oxygen atoms in total. The van der Waals surface area contributed by atoms with E-state index in [0.717, 1.165) is 17.7 Å². The number of para-hydroxylation sites is 1. The molecule has 4 heteroatoms. The first kappa shape index (κ1) is 19.7. The lowest BCUT2D eigenvalue weighted by Crippen LogP contribution is -2.35. The van der Waals surface area contributed by atoms with E-state index in [-0.39, 0.29) is 18.4 Å². The number of likely N-dealkylation sites (N-methyl/N-ethyl adjacent to an activating group) is 1. The van der Waals surface area contributed by atoms with Crippen LogP contribution >= 0.6 is 0 Å². The van der Waals surface area contributed by atoms with Crippen molar-refractivity contribution < 1.29 is 9.59 Å². The zero-order valence-corrected chi connectivity index (χ0v) is 16.1. The van der Waals surface area contributed by atoms with Gasteiger partial charge in [-0.25, -0.2) is 0 Å².